The molecule has 1 aromatic heterocycles. The van der Waals surface area contributed by atoms with E-state index in [0.717, 1.165) is 52.4 Å². The summed E-state index contributed by atoms with van der Waals surface area (Å²) in [6, 6.07) is 31.9. The molecule has 1 saturated heterocycles. The van der Waals surface area contributed by atoms with Crippen LogP contribution in [0.25, 0.3) is 11.4 Å². The lowest BCUT2D eigenvalue weighted by atomic mass is 9.98. The van der Waals surface area contributed by atoms with Crippen molar-refractivity contribution in [3.05, 3.63) is 125 Å². The van der Waals surface area contributed by atoms with Gasteiger partial charge in [-0.25, -0.2) is 4.79 Å². The van der Waals surface area contributed by atoms with E-state index in [1.165, 1.54) is 5.56 Å². The molecule has 0 aliphatic carbocycles. The van der Waals surface area contributed by atoms with E-state index in [1.807, 2.05) is 43.3 Å². The van der Waals surface area contributed by atoms with E-state index in [1.54, 1.807) is 24.3 Å². The maximum Gasteiger partial charge on any atom is 0.365 e. The third-order valence-corrected chi connectivity index (χ3v) is 8.16. The van der Waals surface area contributed by atoms with Crippen LogP contribution < -0.4 is 9.74 Å². The lowest BCUT2D eigenvalue weighted by Gasteiger charge is -2.45. The number of aromatic hydroxyl groups is 1. The Labute approximate surface area is 257 Å². The molecular weight excluding hydrogens is 552 g/mol. The number of hydrogen-bond acceptors (Lipinski definition) is 8. The number of carbonyl (C=O) groups excluding carboxylic acids is 1. The molecule has 0 spiro atoms. The van der Waals surface area contributed by atoms with Crippen LogP contribution in [-0.4, -0.2) is 61.5 Å². The first-order valence-electron chi connectivity index (χ1n) is 14.9. The number of carbonyl (C=O) groups is 1. The molecule has 0 bridgehead atoms. The predicted octanol–water partition coefficient (Wildman–Crippen LogP) is 5.31. The topological polar surface area (TPSA) is 96.6 Å². The van der Waals surface area contributed by atoms with E-state index in [0.29, 0.717) is 23.9 Å². The Morgan fingerprint density at radius 1 is 0.886 bits per heavy atom. The number of phenols is 1. The fraction of sp³-hybridized carbons (Fsp3) is 0.257. The van der Waals surface area contributed by atoms with Crippen molar-refractivity contribution < 1.29 is 14.7 Å². The number of piperazine rings is 1. The zero-order valence-electron chi connectivity index (χ0n) is 25.2. The highest BCUT2D eigenvalue weighted by Gasteiger charge is 2.29. The van der Waals surface area contributed by atoms with Crippen molar-refractivity contribution in [2.75, 3.05) is 18.0 Å². The second-order valence-corrected chi connectivity index (χ2v) is 11.6. The minimum atomic E-state index is -0.551. The Morgan fingerprint density at radius 2 is 1.68 bits per heavy atom. The fourth-order valence-electron chi connectivity index (χ4n) is 5.93. The van der Waals surface area contributed by atoms with E-state index in [9.17, 15) is 9.90 Å². The Balaban J connectivity index is 1.21. The maximum absolute atomic E-state index is 12.8. The smallest absolute Gasteiger partial charge is 0.365 e. The van der Waals surface area contributed by atoms with Gasteiger partial charge in [0.15, 0.2) is 0 Å². The molecule has 44 heavy (non-hydrogen) atoms. The molecule has 9 nitrogen and oxygen atoms in total. The first-order chi connectivity index (χ1) is 21.3. The Kier molecular flexibility index (Phi) is 8.38. The molecule has 1 fully saturated rings. The van der Waals surface area contributed by atoms with Crippen molar-refractivity contribution in [2.45, 2.75) is 45.8 Å². The van der Waals surface area contributed by atoms with E-state index < -0.39 is 5.97 Å². The van der Waals surface area contributed by atoms with Gasteiger partial charge in [-0.1, -0.05) is 72.3 Å². The summed E-state index contributed by atoms with van der Waals surface area (Å²) in [5.41, 5.74) is 6.29. The number of phenolic OH excluding ortho intramolecular Hbond substituents is 1. The molecule has 0 unspecified atom stereocenters. The SMILES string of the molecule is Cc1cccc(C(=O)On2nnnc2-c2ccccc2Cc2cc(O)cc(N3C[C@@H](C)N(Cc4ccccc4)C[C@@H]3C)c2)c1. The van der Waals surface area contributed by atoms with Crippen molar-refractivity contribution in [3.8, 4) is 17.1 Å². The summed E-state index contributed by atoms with van der Waals surface area (Å²) in [4.78, 5) is 24.4. The minimum Gasteiger partial charge on any atom is -0.508 e. The van der Waals surface area contributed by atoms with Crippen molar-refractivity contribution in [3.63, 3.8) is 0 Å². The van der Waals surface area contributed by atoms with Gasteiger partial charge in [0.1, 0.15) is 5.75 Å². The molecule has 2 atom stereocenters. The van der Waals surface area contributed by atoms with Crippen LogP contribution in [-0.2, 0) is 13.0 Å². The zero-order chi connectivity index (χ0) is 30.6. The lowest BCUT2D eigenvalue weighted by Crippen LogP contribution is -2.56. The Morgan fingerprint density at radius 3 is 2.50 bits per heavy atom. The molecule has 0 radical (unpaired) electrons. The second-order valence-electron chi connectivity index (χ2n) is 11.6. The number of hydrogen-bond donors (Lipinski definition) is 1. The molecule has 4 aromatic carbocycles. The van der Waals surface area contributed by atoms with Gasteiger partial charge in [-0.2, -0.15) is 0 Å². The third-order valence-electron chi connectivity index (χ3n) is 8.16. The number of nitrogens with zero attached hydrogens (tertiary/aromatic N) is 6. The van der Waals surface area contributed by atoms with Gasteiger partial charge in [-0.05, 0) is 83.4 Å². The Hall–Kier alpha value is -5.02. The van der Waals surface area contributed by atoms with Gasteiger partial charge in [0.2, 0.25) is 5.82 Å². The molecule has 1 N–H and O–H groups in total. The van der Waals surface area contributed by atoms with Crippen LogP contribution in [0.3, 0.4) is 0 Å². The molecule has 2 heterocycles. The summed E-state index contributed by atoms with van der Waals surface area (Å²) in [6.07, 6.45) is 0.522. The monoisotopic (exact) mass is 588 g/mol. The largest absolute Gasteiger partial charge is 0.508 e. The lowest BCUT2D eigenvalue weighted by molar-refractivity contribution is 0.0393. The number of anilines is 1. The summed E-state index contributed by atoms with van der Waals surface area (Å²) in [7, 11) is 0. The summed E-state index contributed by atoms with van der Waals surface area (Å²) in [5, 5.41) is 22.7. The second kappa shape index (κ2) is 12.7. The number of aryl methyl sites for hydroxylation is 1. The molecule has 6 rings (SSSR count). The van der Waals surface area contributed by atoms with Crippen LogP contribution in [0, 0.1) is 6.92 Å². The van der Waals surface area contributed by atoms with E-state index in [4.69, 9.17) is 4.84 Å². The molecular formula is C35H36N6O3. The van der Waals surface area contributed by atoms with Crippen LogP contribution in [0.15, 0.2) is 97.1 Å². The van der Waals surface area contributed by atoms with Gasteiger partial charge >= 0.3 is 5.97 Å². The number of rotatable bonds is 8. The quantitative estimate of drug-likeness (QED) is 0.244. The van der Waals surface area contributed by atoms with Crippen LogP contribution in [0.4, 0.5) is 5.69 Å². The molecule has 1 aliphatic rings. The molecule has 0 amide bonds. The van der Waals surface area contributed by atoms with Crippen LogP contribution in [0.1, 0.15) is 46.5 Å². The Bertz CT molecular complexity index is 1750. The summed E-state index contributed by atoms with van der Waals surface area (Å²) in [5.74, 6) is -0.0120. The fourth-order valence-corrected chi connectivity index (χ4v) is 5.93. The first kappa shape index (κ1) is 29.1. The van der Waals surface area contributed by atoms with E-state index in [2.05, 4.69) is 75.6 Å². The van der Waals surface area contributed by atoms with Gasteiger partial charge in [0.05, 0.1) is 5.56 Å². The van der Waals surface area contributed by atoms with Crippen molar-refractivity contribution in [1.29, 1.82) is 0 Å². The standard InChI is InChI=1S/C35H36N6O3/c1-24-10-9-14-30(16-24)35(43)44-41-34(36-37-38-41)33-15-8-7-13-29(33)17-28-18-31(20-32(42)19-28)40-22-25(2)39(21-26(40)3)23-27-11-5-4-6-12-27/h4-16,18-20,25-26,42H,17,21-23H2,1-3H3/t25-,26+/m1/s1. The van der Waals surface area contributed by atoms with Gasteiger partial charge in [0, 0.05) is 49.0 Å². The highest BCUT2D eigenvalue weighted by molar-refractivity contribution is 5.89. The molecule has 224 valence electrons. The molecule has 0 saturated carbocycles. The molecule has 1 aliphatic heterocycles. The highest BCUT2D eigenvalue weighted by Crippen LogP contribution is 2.31. The zero-order valence-corrected chi connectivity index (χ0v) is 25.2. The average molecular weight is 589 g/mol. The van der Waals surface area contributed by atoms with Crippen LogP contribution in [0.5, 0.6) is 5.75 Å². The normalized spacial score (nSPS) is 17.0. The highest BCUT2D eigenvalue weighted by atomic mass is 16.7. The molecule has 5 aromatic rings. The van der Waals surface area contributed by atoms with Gasteiger partial charge in [0.25, 0.3) is 0 Å². The van der Waals surface area contributed by atoms with Crippen molar-refractivity contribution >= 4 is 11.7 Å². The number of aromatic nitrogens is 4. The predicted molar refractivity (Wildman–Crippen MR) is 169 cm³/mol. The van der Waals surface area contributed by atoms with Crippen LogP contribution >= 0.6 is 0 Å². The number of benzene rings is 4. The maximum atomic E-state index is 12.8. The van der Waals surface area contributed by atoms with Crippen LogP contribution in [0.2, 0.25) is 0 Å². The van der Waals surface area contributed by atoms with Gasteiger partial charge < -0.3 is 14.8 Å². The van der Waals surface area contributed by atoms with Crippen molar-refractivity contribution in [2.24, 2.45) is 0 Å². The number of tetrazole rings is 1. The summed E-state index contributed by atoms with van der Waals surface area (Å²) >= 11 is 0. The van der Waals surface area contributed by atoms with Gasteiger partial charge in [-0.15, -0.1) is 5.10 Å². The summed E-state index contributed by atoms with van der Waals surface area (Å²) in [6.45, 7) is 9.11. The minimum absolute atomic E-state index is 0.221. The van der Waals surface area contributed by atoms with E-state index in [-0.39, 0.29) is 11.8 Å². The first-order valence-corrected chi connectivity index (χ1v) is 14.9. The van der Waals surface area contributed by atoms with Gasteiger partial charge in [-0.3, -0.25) is 4.90 Å². The van der Waals surface area contributed by atoms with Crippen molar-refractivity contribution in [1.82, 2.24) is 25.3 Å². The summed E-state index contributed by atoms with van der Waals surface area (Å²) < 4.78 is 0. The third kappa shape index (κ3) is 6.48. The van der Waals surface area contributed by atoms with E-state index >= 15 is 0 Å². The average Bonchev–Trinajstić information content (AvgIpc) is 3.47. The molecule has 9 heteroatoms.